The highest BCUT2D eigenvalue weighted by Crippen LogP contribution is 2.13. The van der Waals surface area contributed by atoms with Crippen molar-refractivity contribution in [2.75, 3.05) is 20.1 Å². The Morgan fingerprint density at radius 2 is 2.17 bits per heavy atom. The van der Waals surface area contributed by atoms with Crippen LogP contribution in [0.5, 0.6) is 0 Å². The zero-order valence-corrected chi connectivity index (χ0v) is 10.9. The number of benzene rings is 1. The Hall–Kier alpha value is -1.39. The van der Waals surface area contributed by atoms with Gasteiger partial charge in [0, 0.05) is 24.7 Å². The van der Waals surface area contributed by atoms with Gasteiger partial charge in [0.05, 0.1) is 0 Å². The fourth-order valence-corrected chi connectivity index (χ4v) is 2.34. The number of nitrogens with two attached hydrogens (primary N) is 1. The first-order valence-electron chi connectivity index (χ1n) is 6.48. The predicted molar refractivity (Wildman–Crippen MR) is 72.3 cm³/mol. The largest absolute Gasteiger partial charge is 0.350 e. The maximum atomic E-state index is 11.9. The summed E-state index contributed by atoms with van der Waals surface area (Å²) in [5.41, 5.74) is 7.27. The second-order valence-corrected chi connectivity index (χ2v) is 4.89. The van der Waals surface area contributed by atoms with Crippen molar-refractivity contribution in [1.82, 2.24) is 10.2 Å². The lowest BCUT2D eigenvalue weighted by Gasteiger charge is -2.19. The Morgan fingerprint density at radius 3 is 2.72 bits per heavy atom. The molecule has 98 valence electrons. The van der Waals surface area contributed by atoms with Crippen LogP contribution in [0.15, 0.2) is 24.3 Å². The van der Waals surface area contributed by atoms with E-state index in [-0.39, 0.29) is 5.91 Å². The van der Waals surface area contributed by atoms with Crippen molar-refractivity contribution < 1.29 is 4.79 Å². The molecule has 1 aromatic rings. The number of nitrogens with zero attached hydrogens (tertiary/aromatic N) is 1. The summed E-state index contributed by atoms with van der Waals surface area (Å²) in [5.74, 6) is -0.00104. The SMILES string of the molecule is CN1CCCC1CNC(=O)c1ccc(CN)cc1. The average Bonchev–Trinajstić information content (AvgIpc) is 2.81. The molecule has 1 fully saturated rings. The van der Waals surface area contributed by atoms with Gasteiger partial charge in [-0.05, 0) is 44.1 Å². The number of carbonyl (C=O) groups is 1. The van der Waals surface area contributed by atoms with E-state index in [0.29, 0.717) is 18.2 Å². The van der Waals surface area contributed by atoms with Crippen LogP contribution in [0.4, 0.5) is 0 Å². The van der Waals surface area contributed by atoms with E-state index >= 15 is 0 Å². The maximum absolute atomic E-state index is 11.9. The fraction of sp³-hybridized carbons (Fsp3) is 0.500. The van der Waals surface area contributed by atoms with Crippen LogP contribution in [-0.4, -0.2) is 37.0 Å². The molecule has 1 aliphatic rings. The first kappa shape index (κ1) is 13.1. The molecule has 1 saturated heterocycles. The Labute approximate surface area is 108 Å². The molecular formula is C14H21N3O. The van der Waals surface area contributed by atoms with Crippen LogP contribution in [0.1, 0.15) is 28.8 Å². The molecule has 1 unspecified atom stereocenters. The minimum Gasteiger partial charge on any atom is -0.350 e. The summed E-state index contributed by atoms with van der Waals surface area (Å²) >= 11 is 0. The average molecular weight is 247 g/mol. The van der Waals surface area contributed by atoms with Crippen molar-refractivity contribution in [3.63, 3.8) is 0 Å². The molecule has 1 aliphatic heterocycles. The molecule has 0 saturated carbocycles. The predicted octanol–water partition coefficient (Wildman–Crippen LogP) is 0.969. The van der Waals surface area contributed by atoms with Crippen LogP contribution in [0, 0.1) is 0 Å². The molecule has 1 amide bonds. The quantitative estimate of drug-likeness (QED) is 0.833. The summed E-state index contributed by atoms with van der Waals surface area (Å²) in [6.07, 6.45) is 2.39. The van der Waals surface area contributed by atoms with E-state index in [9.17, 15) is 4.79 Å². The molecule has 2 rings (SSSR count). The molecule has 1 aromatic carbocycles. The number of hydrogen-bond acceptors (Lipinski definition) is 3. The zero-order chi connectivity index (χ0) is 13.0. The number of amides is 1. The van der Waals surface area contributed by atoms with Crippen LogP contribution in [-0.2, 0) is 6.54 Å². The van der Waals surface area contributed by atoms with Gasteiger partial charge in [-0.2, -0.15) is 0 Å². The lowest BCUT2D eigenvalue weighted by atomic mass is 10.1. The summed E-state index contributed by atoms with van der Waals surface area (Å²) in [4.78, 5) is 14.3. The molecule has 4 heteroatoms. The topological polar surface area (TPSA) is 58.4 Å². The standard InChI is InChI=1S/C14H21N3O/c1-17-8-2-3-13(17)10-16-14(18)12-6-4-11(9-15)5-7-12/h4-7,13H,2-3,8-10,15H2,1H3,(H,16,18). The molecule has 18 heavy (non-hydrogen) atoms. The van der Waals surface area contributed by atoms with Crippen molar-refractivity contribution in [2.45, 2.75) is 25.4 Å². The normalized spacial score (nSPS) is 20.0. The van der Waals surface area contributed by atoms with Gasteiger partial charge in [0.15, 0.2) is 0 Å². The molecule has 0 radical (unpaired) electrons. The molecule has 1 atom stereocenters. The molecule has 0 aromatic heterocycles. The third kappa shape index (κ3) is 3.09. The number of likely N-dealkylation sites (N-methyl/N-ethyl adjacent to an activating group) is 1. The van der Waals surface area contributed by atoms with Crippen LogP contribution in [0.2, 0.25) is 0 Å². The number of hydrogen-bond donors (Lipinski definition) is 2. The lowest BCUT2D eigenvalue weighted by molar-refractivity contribution is 0.0943. The smallest absolute Gasteiger partial charge is 0.251 e. The maximum Gasteiger partial charge on any atom is 0.251 e. The van der Waals surface area contributed by atoms with Gasteiger partial charge >= 0.3 is 0 Å². The van der Waals surface area contributed by atoms with Gasteiger partial charge in [-0.15, -0.1) is 0 Å². The highest BCUT2D eigenvalue weighted by molar-refractivity contribution is 5.94. The van der Waals surface area contributed by atoms with E-state index in [2.05, 4.69) is 17.3 Å². The van der Waals surface area contributed by atoms with Crippen molar-refractivity contribution >= 4 is 5.91 Å². The van der Waals surface area contributed by atoms with Crippen molar-refractivity contribution in [2.24, 2.45) is 5.73 Å². The summed E-state index contributed by atoms with van der Waals surface area (Å²) in [6, 6.07) is 7.94. The first-order chi connectivity index (χ1) is 8.70. The third-order valence-electron chi connectivity index (χ3n) is 3.62. The van der Waals surface area contributed by atoms with Gasteiger partial charge in [-0.3, -0.25) is 4.79 Å². The summed E-state index contributed by atoms with van der Waals surface area (Å²) < 4.78 is 0. The molecule has 1 heterocycles. The lowest BCUT2D eigenvalue weighted by Crippen LogP contribution is -2.38. The van der Waals surface area contributed by atoms with Crippen LogP contribution < -0.4 is 11.1 Å². The minimum absolute atomic E-state index is 0.00104. The first-order valence-corrected chi connectivity index (χ1v) is 6.48. The van der Waals surface area contributed by atoms with E-state index in [4.69, 9.17) is 5.73 Å². The van der Waals surface area contributed by atoms with E-state index < -0.39 is 0 Å². The van der Waals surface area contributed by atoms with Crippen LogP contribution >= 0.6 is 0 Å². The van der Waals surface area contributed by atoms with E-state index in [1.54, 1.807) is 0 Å². The van der Waals surface area contributed by atoms with Gasteiger partial charge < -0.3 is 16.0 Å². The summed E-state index contributed by atoms with van der Waals surface area (Å²) in [5, 5.41) is 3.00. The van der Waals surface area contributed by atoms with Gasteiger partial charge in [-0.1, -0.05) is 12.1 Å². The monoisotopic (exact) mass is 247 g/mol. The van der Waals surface area contributed by atoms with Crippen molar-refractivity contribution in [1.29, 1.82) is 0 Å². The van der Waals surface area contributed by atoms with Crippen LogP contribution in [0.3, 0.4) is 0 Å². The van der Waals surface area contributed by atoms with Gasteiger partial charge in [0.25, 0.3) is 5.91 Å². The molecule has 3 N–H and O–H groups in total. The number of carbonyl (C=O) groups excluding carboxylic acids is 1. The number of nitrogens with one attached hydrogen (secondary N) is 1. The minimum atomic E-state index is -0.00104. The van der Waals surface area contributed by atoms with Gasteiger partial charge in [0.2, 0.25) is 0 Å². The number of likely N-dealkylation sites (tertiary alicyclic amines) is 1. The Bertz CT molecular complexity index is 402. The van der Waals surface area contributed by atoms with Crippen molar-refractivity contribution in [3.05, 3.63) is 35.4 Å². The number of rotatable bonds is 4. The van der Waals surface area contributed by atoms with Crippen molar-refractivity contribution in [3.8, 4) is 0 Å². The molecule has 0 spiro atoms. The fourth-order valence-electron chi connectivity index (χ4n) is 2.34. The van der Waals surface area contributed by atoms with E-state index in [0.717, 1.165) is 18.7 Å². The second kappa shape index (κ2) is 5.98. The van der Waals surface area contributed by atoms with Crippen LogP contribution in [0.25, 0.3) is 0 Å². The molecule has 4 nitrogen and oxygen atoms in total. The van der Waals surface area contributed by atoms with E-state index in [1.807, 2.05) is 24.3 Å². The summed E-state index contributed by atoms with van der Waals surface area (Å²) in [6.45, 7) is 2.37. The van der Waals surface area contributed by atoms with Gasteiger partial charge in [-0.25, -0.2) is 0 Å². The summed E-state index contributed by atoms with van der Waals surface area (Å²) in [7, 11) is 2.11. The Balaban J connectivity index is 1.87. The van der Waals surface area contributed by atoms with Gasteiger partial charge in [0.1, 0.15) is 0 Å². The third-order valence-corrected chi connectivity index (χ3v) is 3.62. The second-order valence-electron chi connectivity index (χ2n) is 4.89. The van der Waals surface area contributed by atoms with E-state index in [1.165, 1.54) is 12.8 Å². The Kier molecular flexibility index (Phi) is 4.33. The zero-order valence-electron chi connectivity index (χ0n) is 10.9. The molecule has 0 bridgehead atoms. The highest BCUT2D eigenvalue weighted by Gasteiger charge is 2.21. The molecular weight excluding hydrogens is 226 g/mol. The highest BCUT2D eigenvalue weighted by atomic mass is 16.1. The Morgan fingerprint density at radius 1 is 1.44 bits per heavy atom. The molecule has 0 aliphatic carbocycles.